The summed E-state index contributed by atoms with van der Waals surface area (Å²) in [6.07, 6.45) is 6.02. The van der Waals surface area contributed by atoms with Gasteiger partial charge in [-0.25, -0.2) is 0 Å². The standard InChI is InChI=1S/C21H24N4O/c1-15-21(16(2)26-24-15)20-5-3-4-19(23-20)18-8-12-25(13-9-18)14-17-6-10-22-11-7-17/h3-7,10-11,18H,8-9,12-14H2,1-2H3. The number of hydrogen-bond acceptors (Lipinski definition) is 5. The fraction of sp³-hybridized carbons (Fsp3) is 0.381. The maximum absolute atomic E-state index is 5.30. The van der Waals surface area contributed by atoms with E-state index in [4.69, 9.17) is 9.51 Å². The summed E-state index contributed by atoms with van der Waals surface area (Å²) in [5, 5.41) is 4.06. The third kappa shape index (κ3) is 3.53. The van der Waals surface area contributed by atoms with Crippen LogP contribution in [0.25, 0.3) is 11.3 Å². The molecule has 3 aromatic heterocycles. The van der Waals surface area contributed by atoms with Crippen molar-refractivity contribution in [2.24, 2.45) is 0 Å². The Morgan fingerprint density at radius 3 is 2.54 bits per heavy atom. The van der Waals surface area contributed by atoms with E-state index in [0.717, 1.165) is 55.2 Å². The summed E-state index contributed by atoms with van der Waals surface area (Å²) in [7, 11) is 0. The van der Waals surface area contributed by atoms with E-state index < -0.39 is 0 Å². The van der Waals surface area contributed by atoms with Crippen LogP contribution in [-0.2, 0) is 6.54 Å². The van der Waals surface area contributed by atoms with Crippen LogP contribution in [0.4, 0.5) is 0 Å². The SMILES string of the molecule is Cc1noc(C)c1-c1cccc(C2CCN(Cc3ccncc3)CC2)n1. The van der Waals surface area contributed by atoms with E-state index in [1.54, 1.807) is 0 Å². The van der Waals surface area contributed by atoms with Crippen molar-refractivity contribution in [1.82, 2.24) is 20.0 Å². The van der Waals surface area contributed by atoms with Crippen molar-refractivity contribution in [1.29, 1.82) is 0 Å². The van der Waals surface area contributed by atoms with E-state index in [9.17, 15) is 0 Å². The van der Waals surface area contributed by atoms with Gasteiger partial charge in [0.05, 0.1) is 17.0 Å². The maximum Gasteiger partial charge on any atom is 0.143 e. The molecule has 1 aliphatic heterocycles. The minimum absolute atomic E-state index is 0.518. The number of hydrogen-bond donors (Lipinski definition) is 0. The Morgan fingerprint density at radius 2 is 1.85 bits per heavy atom. The maximum atomic E-state index is 5.30. The molecule has 0 radical (unpaired) electrons. The van der Waals surface area contributed by atoms with Gasteiger partial charge in [0.15, 0.2) is 0 Å². The molecule has 0 amide bonds. The first-order chi connectivity index (χ1) is 12.7. The Hall–Kier alpha value is -2.53. The second kappa shape index (κ2) is 7.38. The summed E-state index contributed by atoms with van der Waals surface area (Å²) >= 11 is 0. The van der Waals surface area contributed by atoms with E-state index in [1.807, 2.05) is 26.2 Å². The van der Waals surface area contributed by atoms with Gasteiger partial charge < -0.3 is 4.52 Å². The van der Waals surface area contributed by atoms with Crippen LogP contribution in [-0.4, -0.2) is 33.1 Å². The van der Waals surface area contributed by atoms with Crippen LogP contribution in [0.3, 0.4) is 0 Å². The fourth-order valence-corrected chi connectivity index (χ4v) is 3.80. The van der Waals surface area contributed by atoms with Gasteiger partial charge in [-0.15, -0.1) is 0 Å². The molecule has 4 heterocycles. The third-order valence-corrected chi connectivity index (χ3v) is 5.22. The zero-order valence-corrected chi connectivity index (χ0v) is 15.4. The number of aryl methyl sites for hydroxylation is 2. The molecule has 0 saturated carbocycles. The smallest absolute Gasteiger partial charge is 0.143 e. The summed E-state index contributed by atoms with van der Waals surface area (Å²) < 4.78 is 5.30. The number of aromatic nitrogens is 3. The highest BCUT2D eigenvalue weighted by Crippen LogP contribution is 2.31. The van der Waals surface area contributed by atoms with Crippen molar-refractivity contribution >= 4 is 0 Å². The van der Waals surface area contributed by atoms with Gasteiger partial charge in [0.25, 0.3) is 0 Å². The molecular formula is C21H24N4O. The van der Waals surface area contributed by atoms with Crippen LogP contribution in [0.1, 0.15) is 41.5 Å². The highest BCUT2D eigenvalue weighted by molar-refractivity contribution is 5.63. The minimum atomic E-state index is 0.518. The van der Waals surface area contributed by atoms with Crippen LogP contribution < -0.4 is 0 Å². The lowest BCUT2D eigenvalue weighted by atomic mass is 9.92. The Balaban J connectivity index is 1.44. The lowest BCUT2D eigenvalue weighted by molar-refractivity contribution is 0.203. The van der Waals surface area contributed by atoms with E-state index in [2.05, 4.69) is 45.4 Å². The largest absolute Gasteiger partial charge is 0.361 e. The molecule has 5 heteroatoms. The first kappa shape index (κ1) is 16.9. The highest BCUT2D eigenvalue weighted by atomic mass is 16.5. The molecule has 5 nitrogen and oxygen atoms in total. The minimum Gasteiger partial charge on any atom is -0.361 e. The summed E-state index contributed by atoms with van der Waals surface area (Å²) in [6, 6.07) is 10.5. The van der Waals surface area contributed by atoms with E-state index >= 15 is 0 Å². The molecule has 1 aliphatic rings. The van der Waals surface area contributed by atoms with Gasteiger partial charge in [-0.2, -0.15) is 0 Å². The van der Waals surface area contributed by atoms with E-state index in [-0.39, 0.29) is 0 Å². The Kier molecular flexibility index (Phi) is 4.80. The molecule has 0 aliphatic carbocycles. The first-order valence-corrected chi connectivity index (χ1v) is 9.22. The lowest BCUT2D eigenvalue weighted by Gasteiger charge is -2.31. The van der Waals surface area contributed by atoms with Crippen molar-refractivity contribution in [2.75, 3.05) is 13.1 Å². The zero-order valence-electron chi connectivity index (χ0n) is 15.4. The van der Waals surface area contributed by atoms with Crippen LogP contribution in [0.2, 0.25) is 0 Å². The predicted octanol–water partition coefficient (Wildman–Crippen LogP) is 4.13. The van der Waals surface area contributed by atoms with Gasteiger partial charge in [-0.3, -0.25) is 14.9 Å². The summed E-state index contributed by atoms with van der Waals surface area (Å²) in [6.45, 7) is 7.12. The third-order valence-electron chi connectivity index (χ3n) is 5.22. The van der Waals surface area contributed by atoms with Crippen molar-refractivity contribution in [3.05, 3.63) is 65.4 Å². The number of nitrogens with zero attached hydrogens (tertiary/aromatic N) is 4. The molecule has 134 valence electrons. The highest BCUT2D eigenvalue weighted by Gasteiger charge is 2.22. The Labute approximate surface area is 154 Å². The first-order valence-electron chi connectivity index (χ1n) is 9.22. The van der Waals surface area contributed by atoms with Gasteiger partial charge in [-0.05, 0) is 69.6 Å². The molecule has 0 unspecified atom stereocenters. The monoisotopic (exact) mass is 348 g/mol. The van der Waals surface area contributed by atoms with Crippen LogP contribution in [0, 0.1) is 13.8 Å². The van der Waals surface area contributed by atoms with Gasteiger partial charge in [-0.1, -0.05) is 11.2 Å². The second-order valence-corrected chi connectivity index (χ2v) is 7.05. The lowest BCUT2D eigenvalue weighted by Crippen LogP contribution is -2.32. The quantitative estimate of drug-likeness (QED) is 0.709. The number of likely N-dealkylation sites (tertiary alicyclic amines) is 1. The summed E-state index contributed by atoms with van der Waals surface area (Å²) in [4.78, 5) is 11.6. The molecule has 26 heavy (non-hydrogen) atoms. The molecule has 0 atom stereocenters. The molecule has 0 N–H and O–H groups in total. The van der Waals surface area contributed by atoms with Gasteiger partial charge >= 0.3 is 0 Å². The van der Waals surface area contributed by atoms with Crippen LogP contribution in [0.5, 0.6) is 0 Å². The Morgan fingerprint density at radius 1 is 1.08 bits per heavy atom. The van der Waals surface area contributed by atoms with E-state index in [0.29, 0.717) is 5.92 Å². The molecule has 4 rings (SSSR count). The Bertz CT molecular complexity index is 847. The summed E-state index contributed by atoms with van der Waals surface area (Å²) in [5.74, 6) is 1.35. The molecule has 0 aromatic carbocycles. The number of rotatable bonds is 4. The van der Waals surface area contributed by atoms with Crippen molar-refractivity contribution in [3.63, 3.8) is 0 Å². The van der Waals surface area contributed by atoms with Crippen LogP contribution in [0.15, 0.2) is 47.2 Å². The number of pyridine rings is 2. The van der Waals surface area contributed by atoms with E-state index in [1.165, 1.54) is 11.3 Å². The topological polar surface area (TPSA) is 55.1 Å². The van der Waals surface area contributed by atoms with Crippen molar-refractivity contribution in [2.45, 2.75) is 39.2 Å². The van der Waals surface area contributed by atoms with Crippen molar-refractivity contribution in [3.8, 4) is 11.3 Å². The number of piperidine rings is 1. The van der Waals surface area contributed by atoms with Crippen LogP contribution >= 0.6 is 0 Å². The molecule has 0 spiro atoms. The molecule has 1 saturated heterocycles. The zero-order chi connectivity index (χ0) is 17.9. The average Bonchev–Trinajstić information content (AvgIpc) is 3.02. The molecular weight excluding hydrogens is 324 g/mol. The molecule has 0 bridgehead atoms. The van der Waals surface area contributed by atoms with Crippen molar-refractivity contribution < 1.29 is 4.52 Å². The second-order valence-electron chi connectivity index (χ2n) is 7.05. The van der Waals surface area contributed by atoms with Gasteiger partial charge in [0, 0.05) is 30.6 Å². The normalized spacial score (nSPS) is 16.1. The molecule has 3 aromatic rings. The predicted molar refractivity (Wildman–Crippen MR) is 101 cm³/mol. The fourth-order valence-electron chi connectivity index (χ4n) is 3.80. The average molecular weight is 348 g/mol. The summed E-state index contributed by atoms with van der Waals surface area (Å²) in [5.41, 5.74) is 5.42. The van der Waals surface area contributed by atoms with Gasteiger partial charge in [0.1, 0.15) is 5.76 Å². The molecule has 1 fully saturated rings. The van der Waals surface area contributed by atoms with Gasteiger partial charge in [0.2, 0.25) is 0 Å².